The molecule has 170 valence electrons. The van der Waals surface area contributed by atoms with Gasteiger partial charge in [-0.2, -0.15) is 0 Å². The van der Waals surface area contributed by atoms with E-state index in [2.05, 4.69) is 19.2 Å². The summed E-state index contributed by atoms with van der Waals surface area (Å²) >= 11 is 0. The highest BCUT2D eigenvalue weighted by Gasteiger charge is 2.42. The Morgan fingerprint density at radius 1 is 1.13 bits per heavy atom. The van der Waals surface area contributed by atoms with E-state index in [0.29, 0.717) is 18.4 Å². The Labute approximate surface area is 185 Å². The second-order valence-corrected chi connectivity index (χ2v) is 9.10. The summed E-state index contributed by atoms with van der Waals surface area (Å²) in [7, 11) is 0. The Balaban J connectivity index is 1.54. The number of benzene rings is 1. The molecule has 31 heavy (non-hydrogen) atoms. The maximum atomic E-state index is 12.6. The Bertz CT molecular complexity index is 799. The van der Waals surface area contributed by atoms with Crippen LogP contribution in [0.2, 0.25) is 0 Å². The van der Waals surface area contributed by atoms with Gasteiger partial charge in [0.05, 0.1) is 5.92 Å². The van der Waals surface area contributed by atoms with Crippen LogP contribution < -0.4 is 5.32 Å². The molecule has 1 N–H and O–H groups in total. The van der Waals surface area contributed by atoms with Crippen LogP contribution in [0.25, 0.3) is 0 Å². The van der Waals surface area contributed by atoms with Crippen molar-refractivity contribution in [3.8, 4) is 0 Å². The number of anilines is 1. The SMILES string of the molecule is CCc1cccc(CC)c1NC(=O)COC(=O)[C@@H]1CC(=O)N([C@H]2CCC[C@H](C)[C@@H]2C)C1. The number of nitrogens with zero attached hydrogens (tertiary/aromatic N) is 1. The van der Waals surface area contributed by atoms with Crippen molar-refractivity contribution in [2.45, 2.75) is 72.3 Å². The first-order valence-electron chi connectivity index (χ1n) is 11.7. The van der Waals surface area contributed by atoms with Crippen LogP contribution in [0, 0.1) is 17.8 Å². The average Bonchev–Trinajstić information content (AvgIpc) is 3.15. The molecule has 1 aromatic rings. The van der Waals surface area contributed by atoms with E-state index in [1.165, 1.54) is 6.42 Å². The second kappa shape index (κ2) is 10.3. The van der Waals surface area contributed by atoms with Gasteiger partial charge in [0.2, 0.25) is 5.91 Å². The fourth-order valence-electron chi connectivity index (χ4n) is 5.04. The van der Waals surface area contributed by atoms with Gasteiger partial charge >= 0.3 is 5.97 Å². The zero-order valence-electron chi connectivity index (χ0n) is 19.3. The summed E-state index contributed by atoms with van der Waals surface area (Å²) in [6, 6.07) is 6.18. The molecule has 1 aliphatic carbocycles. The van der Waals surface area contributed by atoms with Gasteiger partial charge in [-0.15, -0.1) is 0 Å². The first kappa shape index (κ1) is 23.3. The smallest absolute Gasteiger partial charge is 0.311 e. The lowest BCUT2D eigenvalue weighted by molar-refractivity contribution is -0.151. The van der Waals surface area contributed by atoms with Crippen LogP contribution in [-0.4, -0.2) is 41.9 Å². The first-order chi connectivity index (χ1) is 14.8. The molecule has 6 heteroatoms. The number of amides is 2. The van der Waals surface area contributed by atoms with Crippen LogP contribution in [0.1, 0.15) is 64.5 Å². The quantitative estimate of drug-likeness (QED) is 0.667. The maximum Gasteiger partial charge on any atom is 0.311 e. The lowest BCUT2D eigenvalue weighted by Crippen LogP contribution is -2.45. The van der Waals surface area contributed by atoms with Crippen LogP contribution in [0.5, 0.6) is 0 Å². The molecule has 1 aliphatic heterocycles. The average molecular weight is 429 g/mol. The molecule has 0 unspecified atom stereocenters. The summed E-state index contributed by atoms with van der Waals surface area (Å²) in [6.07, 6.45) is 5.10. The molecule has 0 bridgehead atoms. The van der Waals surface area contributed by atoms with Crippen LogP contribution in [-0.2, 0) is 32.0 Å². The van der Waals surface area contributed by atoms with Gasteiger partial charge in [0, 0.05) is 24.7 Å². The third-order valence-corrected chi connectivity index (χ3v) is 7.16. The summed E-state index contributed by atoms with van der Waals surface area (Å²) < 4.78 is 5.31. The van der Waals surface area contributed by atoms with Gasteiger partial charge in [-0.1, -0.05) is 58.7 Å². The van der Waals surface area contributed by atoms with Crippen molar-refractivity contribution in [1.29, 1.82) is 0 Å². The molecule has 1 saturated carbocycles. The van der Waals surface area contributed by atoms with Crippen molar-refractivity contribution in [2.75, 3.05) is 18.5 Å². The molecule has 1 aromatic carbocycles. The largest absolute Gasteiger partial charge is 0.455 e. The number of rotatable bonds is 7. The highest BCUT2D eigenvalue weighted by atomic mass is 16.5. The lowest BCUT2D eigenvalue weighted by Gasteiger charge is -2.39. The van der Waals surface area contributed by atoms with Gasteiger partial charge in [-0.05, 0) is 42.2 Å². The van der Waals surface area contributed by atoms with Gasteiger partial charge in [-0.25, -0.2) is 0 Å². The van der Waals surface area contributed by atoms with E-state index in [0.717, 1.165) is 42.5 Å². The fraction of sp³-hybridized carbons (Fsp3) is 0.640. The van der Waals surface area contributed by atoms with Crippen molar-refractivity contribution in [2.24, 2.45) is 17.8 Å². The van der Waals surface area contributed by atoms with E-state index >= 15 is 0 Å². The summed E-state index contributed by atoms with van der Waals surface area (Å²) in [5, 5.41) is 2.91. The lowest BCUT2D eigenvalue weighted by atomic mass is 9.77. The van der Waals surface area contributed by atoms with Crippen LogP contribution in [0.4, 0.5) is 5.69 Å². The number of para-hydroxylation sites is 1. The molecule has 1 heterocycles. The van der Waals surface area contributed by atoms with Crippen molar-refractivity contribution in [3.63, 3.8) is 0 Å². The van der Waals surface area contributed by atoms with Gasteiger partial charge in [0.25, 0.3) is 5.91 Å². The molecule has 2 aliphatic rings. The van der Waals surface area contributed by atoms with Gasteiger partial charge < -0.3 is 15.0 Å². The van der Waals surface area contributed by atoms with E-state index < -0.39 is 11.9 Å². The van der Waals surface area contributed by atoms with E-state index in [1.807, 2.05) is 36.9 Å². The molecule has 2 amide bonds. The minimum absolute atomic E-state index is 0.0295. The molecule has 2 fully saturated rings. The van der Waals surface area contributed by atoms with Crippen LogP contribution in [0.15, 0.2) is 18.2 Å². The van der Waals surface area contributed by atoms with Crippen molar-refractivity contribution in [3.05, 3.63) is 29.3 Å². The van der Waals surface area contributed by atoms with Gasteiger partial charge in [0.1, 0.15) is 0 Å². The number of hydrogen-bond acceptors (Lipinski definition) is 4. The molecule has 3 rings (SSSR count). The molecule has 0 spiro atoms. The third kappa shape index (κ3) is 5.28. The highest BCUT2D eigenvalue weighted by Crippen LogP contribution is 2.36. The molecular formula is C25H36N2O4. The van der Waals surface area contributed by atoms with Crippen LogP contribution in [0.3, 0.4) is 0 Å². The number of esters is 1. The monoisotopic (exact) mass is 428 g/mol. The van der Waals surface area contributed by atoms with E-state index in [-0.39, 0.29) is 30.9 Å². The molecule has 0 radical (unpaired) electrons. The summed E-state index contributed by atoms with van der Waals surface area (Å²) in [5.41, 5.74) is 2.94. The maximum absolute atomic E-state index is 12.6. The number of hydrogen-bond donors (Lipinski definition) is 1. The number of carbonyl (C=O) groups excluding carboxylic acids is 3. The molecule has 1 saturated heterocycles. The van der Waals surface area contributed by atoms with Crippen molar-refractivity contribution in [1.82, 2.24) is 4.90 Å². The first-order valence-corrected chi connectivity index (χ1v) is 11.7. The third-order valence-electron chi connectivity index (χ3n) is 7.16. The van der Waals surface area contributed by atoms with E-state index in [4.69, 9.17) is 4.74 Å². The molecule has 6 nitrogen and oxygen atoms in total. The Morgan fingerprint density at radius 2 is 1.81 bits per heavy atom. The second-order valence-electron chi connectivity index (χ2n) is 9.10. The standard InChI is InChI=1S/C25H36N2O4/c1-5-18-10-8-11-19(6-2)24(18)26-22(28)15-31-25(30)20-13-23(29)27(14-20)21-12-7-9-16(3)17(21)4/h8,10-11,16-17,20-21H,5-7,9,12-15H2,1-4H3,(H,26,28)/t16-,17-,20+,21-/m0/s1. The van der Waals surface area contributed by atoms with Crippen molar-refractivity contribution < 1.29 is 19.1 Å². The number of nitrogens with one attached hydrogen (secondary N) is 1. The Morgan fingerprint density at radius 3 is 2.45 bits per heavy atom. The van der Waals surface area contributed by atoms with E-state index in [9.17, 15) is 14.4 Å². The summed E-state index contributed by atoms with van der Waals surface area (Å²) in [4.78, 5) is 39.5. The number of likely N-dealkylation sites (tertiary alicyclic amines) is 1. The van der Waals surface area contributed by atoms with Crippen LogP contribution >= 0.6 is 0 Å². The van der Waals surface area contributed by atoms with Crippen molar-refractivity contribution >= 4 is 23.5 Å². The molecular weight excluding hydrogens is 392 g/mol. The van der Waals surface area contributed by atoms with Gasteiger partial charge in [-0.3, -0.25) is 14.4 Å². The zero-order chi connectivity index (χ0) is 22.5. The predicted octanol–water partition coefficient (Wildman–Crippen LogP) is 3.97. The highest BCUT2D eigenvalue weighted by molar-refractivity contribution is 5.95. The summed E-state index contributed by atoms with van der Waals surface area (Å²) in [6.45, 7) is 8.60. The van der Waals surface area contributed by atoms with Gasteiger partial charge in [0.15, 0.2) is 6.61 Å². The Kier molecular flexibility index (Phi) is 7.74. The number of aryl methyl sites for hydroxylation is 2. The fourth-order valence-corrected chi connectivity index (χ4v) is 5.04. The normalized spacial score (nSPS) is 26.1. The van der Waals surface area contributed by atoms with E-state index in [1.54, 1.807) is 0 Å². The molecule has 0 aromatic heterocycles. The summed E-state index contributed by atoms with van der Waals surface area (Å²) in [5.74, 6) is -0.243. The predicted molar refractivity (Wildman–Crippen MR) is 121 cm³/mol. The topological polar surface area (TPSA) is 75.7 Å². The minimum Gasteiger partial charge on any atom is -0.455 e. The minimum atomic E-state index is -0.487. The number of carbonyl (C=O) groups is 3. The Hall–Kier alpha value is -2.37. The number of ether oxygens (including phenoxy) is 1. The zero-order valence-corrected chi connectivity index (χ0v) is 19.3. The molecule has 4 atom stereocenters.